The smallest absolute Gasteiger partial charge is 0.323 e. The normalized spacial score (nSPS) is 10.3. The summed E-state index contributed by atoms with van der Waals surface area (Å²) >= 11 is 4.44. The predicted molar refractivity (Wildman–Crippen MR) is 92.1 cm³/mol. The topological polar surface area (TPSA) is 59.9 Å². The van der Waals surface area contributed by atoms with Gasteiger partial charge in [0.25, 0.3) is 0 Å². The summed E-state index contributed by atoms with van der Waals surface area (Å²) in [5.41, 5.74) is 2.11. The molecule has 0 fully saturated rings. The van der Waals surface area contributed by atoms with Crippen molar-refractivity contribution < 1.29 is 4.74 Å². The van der Waals surface area contributed by atoms with E-state index in [9.17, 15) is 0 Å². The van der Waals surface area contributed by atoms with Crippen LogP contribution in [0.3, 0.4) is 0 Å². The number of benzene rings is 1. The molecule has 3 aromatic rings. The zero-order chi connectivity index (χ0) is 16.1. The lowest BCUT2D eigenvalue weighted by molar-refractivity contribution is 0.440. The SMILES string of the molecule is Cc1cncc(Oc2nccc(NCc3ccccc3S)n2)c1. The van der Waals surface area contributed by atoms with Gasteiger partial charge in [-0.1, -0.05) is 18.2 Å². The van der Waals surface area contributed by atoms with Crippen LogP contribution in [0, 0.1) is 6.92 Å². The van der Waals surface area contributed by atoms with E-state index in [1.165, 1.54) is 0 Å². The second kappa shape index (κ2) is 7.11. The molecule has 0 saturated heterocycles. The molecule has 0 amide bonds. The molecule has 6 heteroatoms. The van der Waals surface area contributed by atoms with Crippen LogP contribution in [0.5, 0.6) is 11.8 Å². The molecule has 0 spiro atoms. The number of ether oxygens (including phenoxy) is 1. The maximum Gasteiger partial charge on any atom is 0.323 e. The highest BCUT2D eigenvalue weighted by atomic mass is 32.1. The molecule has 0 bridgehead atoms. The Morgan fingerprint density at radius 3 is 2.87 bits per heavy atom. The number of nitrogens with one attached hydrogen (secondary N) is 1. The average molecular weight is 324 g/mol. The second-order valence-corrected chi connectivity index (χ2v) is 5.49. The van der Waals surface area contributed by atoms with E-state index in [1.807, 2.05) is 37.3 Å². The number of anilines is 1. The lowest BCUT2D eigenvalue weighted by Gasteiger charge is -2.09. The van der Waals surface area contributed by atoms with E-state index < -0.39 is 0 Å². The van der Waals surface area contributed by atoms with Crippen molar-refractivity contribution in [3.05, 3.63) is 66.1 Å². The number of hydrogen-bond acceptors (Lipinski definition) is 6. The zero-order valence-electron chi connectivity index (χ0n) is 12.6. The molecular weight excluding hydrogens is 308 g/mol. The summed E-state index contributed by atoms with van der Waals surface area (Å²) in [5, 5.41) is 3.24. The summed E-state index contributed by atoms with van der Waals surface area (Å²) in [6.45, 7) is 2.58. The van der Waals surface area contributed by atoms with Gasteiger partial charge in [0.05, 0.1) is 6.20 Å². The second-order valence-electron chi connectivity index (χ2n) is 5.01. The largest absolute Gasteiger partial charge is 0.423 e. The maximum atomic E-state index is 5.64. The molecule has 3 rings (SSSR count). The minimum absolute atomic E-state index is 0.279. The molecule has 23 heavy (non-hydrogen) atoms. The maximum absolute atomic E-state index is 5.64. The Labute approximate surface area is 140 Å². The van der Waals surface area contributed by atoms with E-state index in [0.717, 1.165) is 16.0 Å². The Balaban J connectivity index is 1.69. The zero-order valence-corrected chi connectivity index (χ0v) is 13.5. The van der Waals surface area contributed by atoms with Crippen LogP contribution in [-0.4, -0.2) is 15.0 Å². The highest BCUT2D eigenvalue weighted by molar-refractivity contribution is 7.80. The van der Waals surface area contributed by atoms with Gasteiger partial charge >= 0.3 is 6.01 Å². The van der Waals surface area contributed by atoms with Gasteiger partial charge in [0, 0.05) is 23.8 Å². The number of aryl methyl sites for hydroxylation is 1. The average Bonchev–Trinajstić information content (AvgIpc) is 2.54. The Morgan fingerprint density at radius 1 is 1.17 bits per heavy atom. The summed E-state index contributed by atoms with van der Waals surface area (Å²) in [6, 6.07) is 11.9. The number of hydrogen-bond donors (Lipinski definition) is 2. The highest BCUT2D eigenvalue weighted by Gasteiger charge is 2.04. The van der Waals surface area contributed by atoms with Gasteiger partial charge in [-0.15, -0.1) is 12.6 Å². The summed E-state index contributed by atoms with van der Waals surface area (Å²) in [6.07, 6.45) is 5.05. The quantitative estimate of drug-likeness (QED) is 0.698. The van der Waals surface area contributed by atoms with Crippen molar-refractivity contribution in [2.75, 3.05) is 5.32 Å². The Kier molecular flexibility index (Phi) is 4.73. The molecule has 0 unspecified atom stereocenters. The van der Waals surface area contributed by atoms with Crippen LogP contribution in [0.1, 0.15) is 11.1 Å². The third-order valence-electron chi connectivity index (χ3n) is 3.14. The van der Waals surface area contributed by atoms with E-state index >= 15 is 0 Å². The minimum Gasteiger partial charge on any atom is -0.423 e. The Morgan fingerprint density at radius 2 is 2.04 bits per heavy atom. The molecule has 0 atom stereocenters. The van der Waals surface area contributed by atoms with Crippen molar-refractivity contribution >= 4 is 18.4 Å². The third-order valence-corrected chi connectivity index (χ3v) is 3.58. The van der Waals surface area contributed by atoms with Crippen molar-refractivity contribution in [1.82, 2.24) is 15.0 Å². The van der Waals surface area contributed by atoms with Crippen molar-refractivity contribution in [2.24, 2.45) is 0 Å². The number of aromatic nitrogens is 3. The monoisotopic (exact) mass is 324 g/mol. The van der Waals surface area contributed by atoms with E-state index in [0.29, 0.717) is 18.1 Å². The molecule has 0 aliphatic heterocycles. The number of pyridine rings is 1. The molecule has 2 aromatic heterocycles. The molecule has 0 aliphatic rings. The first-order valence-electron chi connectivity index (χ1n) is 7.14. The van der Waals surface area contributed by atoms with Crippen LogP contribution in [0.15, 0.2) is 59.9 Å². The van der Waals surface area contributed by atoms with Crippen LogP contribution in [-0.2, 0) is 6.54 Å². The van der Waals surface area contributed by atoms with Gasteiger partial charge in [0.1, 0.15) is 11.6 Å². The van der Waals surface area contributed by atoms with Crippen molar-refractivity contribution in [3.63, 3.8) is 0 Å². The molecular formula is C17H16N4OS. The molecule has 0 radical (unpaired) electrons. The van der Waals surface area contributed by atoms with Crippen LogP contribution in [0.2, 0.25) is 0 Å². The van der Waals surface area contributed by atoms with Crippen LogP contribution in [0.25, 0.3) is 0 Å². The first-order chi connectivity index (χ1) is 11.2. The fraction of sp³-hybridized carbons (Fsp3) is 0.118. The standard InChI is InChI=1S/C17H16N4OS/c1-12-8-14(11-18-9-12)22-17-19-7-6-16(21-17)20-10-13-4-2-3-5-15(13)23/h2-9,11,23H,10H2,1H3,(H,19,20,21). The van der Waals surface area contributed by atoms with Gasteiger partial charge in [0.15, 0.2) is 0 Å². The number of nitrogens with zero attached hydrogens (tertiary/aromatic N) is 3. The third kappa shape index (κ3) is 4.20. The lowest BCUT2D eigenvalue weighted by Crippen LogP contribution is -2.03. The molecule has 2 heterocycles. The van der Waals surface area contributed by atoms with Crippen molar-refractivity contribution in [1.29, 1.82) is 0 Å². The van der Waals surface area contributed by atoms with Gasteiger partial charge in [-0.3, -0.25) is 4.98 Å². The van der Waals surface area contributed by atoms with E-state index in [-0.39, 0.29) is 6.01 Å². The van der Waals surface area contributed by atoms with Crippen LogP contribution in [0.4, 0.5) is 5.82 Å². The molecule has 1 N–H and O–H groups in total. The highest BCUT2D eigenvalue weighted by Crippen LogP contribution is 2.19. The molecule has 1 aromatic carbocycles. The molecule has 0 saturated carbocycles. The first-order valence-corrected chi connectivity index (χ1v) is 7.59. The van der Waals surface area contributed by atoms with E-state index in [2.05, 4.69) is 32.9 Å². The van der Waals surface area contributed by atoms with Gasteiger partial charge in [-0.2, -0.15) is 4.98 Å². The molecule has 0 aliphatic carbocycles. The van der Waals surface area contributed by atoms with Crippen LogP contribution < -0.4 is 10.1 Å². The summed E-state index contributed by atoms with van der Waals surface area (Å²) in [5.74, 6) is 1.30. The van der Waals surface area contributed by atoms with Gasteiger partial charge in [-0.25, -0.2) is 4.98 Å². The number of rotatable bonds is 5. The number of thiol groups is 1. The predicted octanol–water partition coefficient (Wildman–Crippen LogP) is 3.87. The summed E-state index contributed by atoms with van der Waals surface area (Å²) in [7, 11) is 0. The molecule has 5 nitrogen and oxygen atoms in total. The van der Waals surface area contributed by atoms with Crippen molar-refractivity contribution in [3.8, 4) is 11.8 Å². The van der Waals surface area contributed by atoms with Gasteiger partial charge < -0.3 is 10.1 Å². The van der Waals surface area contributed by atoms with Crippen molar-refractivity contribution in [2.45, 2.75) is 18.4 Å². The Bertz CT molecular complexity index is 810. The lowest BCUT2D eigenvalue weighted by atomic mass is 10.2. The fourth-order valence-corrected chi connectivity index (χ4v) is 2.26. The molecule has 116 valence electrons. The fourth-order valence-electron chi connectivity index (χ4n) is 2.02. The van der Waals surface area contributed by atoms with E-state index in [1.54, 1.807) is 24.7 Å². The summed E-state index contributed by atoms with van der Waals surface area (Å²) in [4.78, 5) is 13.5. The van der Waals surface area contributed by atoms with E-state index in [4.69, 9.17) is 4.74 Å². The minimum atomic E-state index is 0.279. The summed E-state index contributed by atoms with van der Waals surface area (Å²) < 4.78 is 5.64. The van der Waals surface area contributed by atoms with Gasteiger partial charge in [-0.05, 0) is 36.2 Å². The Hall–Kier alpha value is -2.60. The van der Waals surface area contributed by atoms with Crippen LogP contribution >= 0.6 is 12.6 Å². The van der Waals surface area contributed by atoms with Gasteiger partial charge in [0.2, 0.25) is 0 Å². The first kappa shape index (κ1) is 15.3.